The van der Waals surface area contributed by atoms with Gasteiger partial charge in [-0.05, 0) is 36.4 Å². The molecule has 0 fully saturated rings. The molecular formula is C14H12Br2N2O2. The standard InChI is InChI=1S/C14H12Br2N2O2/c15-9-2-1-3-11(6-9)18-14(19)8-20-13-5-4-10(16)7-12(13)17/h1-7H,8,17H2,(H,18,19). The first-order valence-corrected chi connectivity index (χ1v) is 7.36. The molecule has 0 radical (unpaired) electrons. The molecule has 2 rings (SSSR count). The number of ether oxygens (including phenoxy) is 1. The van der Waals surface area contributed by atoms with E-state index in [1.807, 2.05) is 18.2 Å². The van der Waals surface area contributed by atoms with E-state index in [1.54, 1.807) is 24.3 Å². The third kappa shape index (κ3) is 4.25. The summed E-state index contributed by atoms with van der Waals surface area (Å²) in [5.41, 5.74) is 6.97. The van der Waals surface area contributed by atoms with Gasteiger partial charge in [-0.2, -0.15) is 0 Å². The summed E-state index contributed by atoms with van der Waals surface area (Å²) < 4.78 is 7.15. The quantitative estimate of drug-likeness (QED) is 0.768. The second kappa shape index (κ2) is 6.76. The summed E-state index contributed by atoms with van der Waals surface area (Å²) in [6, 6.07) is 12.6. The van der Waals surface area contributed by atoms with Gasteiger partial charge in [0.1, 0.15) is 5.75 Å². The highest BCUT2D eigenvalue weighted by atomic mass is 79.9. The monoisotopic (exact) mass is 398 g/mol. The van der Waals surface area contributed by atoms with Gasteiger partial charge in [-0.1, -0.05) is 37.9 Å². The lowest BCUT2D eigenvalue weighted by Crippen LogP contribution is -2.20. The summed E-state index contributed by atoms with van der Waals surface area (Å²) in [6.07, 6.45) is 0. The van der Waals surface area contributed by atoms with E-state index in [0.717, 1.165) is 8.95 Å². The predicted octanol–water partition coefficient (Wildman–Crippen LogP) is 3.81. The Balaban J connectivity index is 1.92. The molecule has 0 aliphatic heterocycles. The average molecular weight is 400 g/mol. The topological polar surface area (TPSA) is 64.3 Å². The van der Waals surface area contributed by atoms with Crippen molar-refractivity contribution in [2.45, 2.75) is 0 Å². The second-order valence-corrected chi connectivity index (χ2v) is 5.86. The van der Waals surface area contributed by atoms with E-state index >= 15 is 0 Å². The number of nitrogens with two attached hydrogens (primary N) is 1. The number of nitrogens with one attached hydrogen (secondary N) is 1. The van der Waals surface area contributed by atoms with Crippen molar-refractivity contribution in [3.05, 3.63) is 51.4 Å². The second-order valence-electron chi connectivity index (χ2n) is 4.03. The number of carbonyl (C=O) groups is 1. The maximum absolute atomic E-state index is 11.8. The minimum atomic E-state index is -0.245. The molecule has 1 amide bonds. The van der Waals surface area contributed by atoms with Gasteiger partial charge in [0.25, 0.3) is 5.91 Å². The zero-order valence-electron chi connectivity index (χ0n) is 10.4. The van der Waals surface area contributed by atoms with Crippen LogP contribution in [0.1, 0.15) is 0 Å². The first kappa shape index (κ1) is 14.9. The predicted molar refractivity (Wildman–Crippen MR) is 86.8 cm³/mol. The number of benzene rings is 2. The SMILES string of the molecule is Nc1cc(Br)ccc1OCC(=O)Nc1cccc(Br)c1. The molecule has 0 unspecified atom stereocenters. The highest BCUT2D eigenvalue weighted by molar-refractivity contribution is 9.10. The Labute approximate surface area is 133 Å². The van der Waals surface area contributed by atoms with Gasteiger partial charge in [0.15, 0.2) is 6.61 Å². The normalized spacial score (nSPS) is 10.1. The van der Waals surface area contributed by atoms with Gasteiger partial charge >= 0.3 is 0 Å². The van der Waals surface area contributed by atoms with Crippen molar-refractivity contribution >= 4 is 49.1 Å². The smallest absolute Gasteiger partial charge is 0.262 e. The molecule has 0 aliphatic rings. The van der Waals surface area contributed by atoms with E-state index in [0.29, 0.717) is 17.1 Å². The fourth-order valence-corrected chi connectivity index (χ4v) is 2.34. The molecule has 0 heterocycles. The van der Waals surface area contributed by atoms with Crippen molar-refractivity contribution < 1.29 is 9.53 Å². The number of carbonyl (C=O) groups excluding carboxylic acids is 1. The Kier molecular flexibility index (Phi) is 5.03. The molecule has 104 valence electrons. The van der Waals surface area contributed by atoms with Crippen LogP contribution in [0.5, 0.6) is 5.75 Å². The molecule has 0 saturated carbocycles. The van der Waals surface area contributed by atoms with Gasteiger partial charge in [-0.15, -0.1) is 0 Å². The number of hydrogen-bond donors (Lipinski definition) is 2. The van der Waals surface area contributed by atoms with Crippen LogP contribution in [0.2, 0.25) is 0 Å². The van der Waals surface area contributed by atoms with Crippen LogP contribution in [0.25, 0.3) is 0 Å². The highest BCUT2D eigenvalue weighted by Gasteiger charge is 2.06. The third-order valence-electron chi connectivity index (χ3n) is 2.44. The van der Waals surface area contributed by atoms with Crippen LogP contribution in [0.15, 0.2) is 51.4 Å². The summed E-state index contributed by atoms with van der Waals surface area (Å²) in [7, 11) is 0. The number of halogens is 2. The first-order chi connectivity index (χ1) is 9.54. The number of amides is 1. The van der Waals surface area contributed by atoms with Crippen molar-refractivity contribution in [2.24, 2.45) is 0 Å². The molecule has 3 N–H and O–H groups in total. The molecule has 0 saturated heterocycles. The molecule has 0 aromatic heterocycles. The fourth-order valence-electron chi connectivity index (χ4n) is 1.56. The summed E-state index contributed by atoms with van der Waals surface area (Å²) >= 11 is 6.65. The Morgan fingerprint density at radius 3 is 2.60 bits per heavy atom. The number of rotatable bonds is 4. The minimum absolute atomic E-state index is 0.0989. The lowest BCUT2D eigenvalue weighted by molar-refractivity contribution is -0.118. The molecule has 0 atom stereocenters. The third-order valence-corrected chi connectivity index (χ3v) is 3.43. The zero-order chi connectivity index (χ0) is 14.5. The van der Waals surface area contributed by atoms with Crippen molar-refractivity contribution in [3.8, 4) is 5.75 Å². The van der Waals surface area contributed by atoms with Gasteiger partial charge in [0.2, 0.25) is 0 Å². The molecule has 2 aromatic carbocycles. The van der Waals surface area contributed by atoms with E-state index in [2.05, 4.69) is 37.2 Å². The molecular weight excluding hydrogens is 388 g/mol. The highest BCUT2D eigenvalue weighted by Crippen LogP contribution is 2.25. The molecule has 0 aliphatic carbocycles. The Bertz CT molecular complexity index is 632. The van der Waals surface area contributed by atoms with Crippen molar-refractivity contribution in [3.63, 3.8) is 0 Å². The minimum Gasteiger partial charge on any atom is -0.482 e. The van der Waals surface area contributed by atoms with E-state index < -0.39 is 0 Å². The van der Waals surface area contributed by atoms with Crippen molar-refractivity contribution in [1.82, 2.24) is 0 Å². The summed E-state index contributed by atoms with van der Waals surface area (Å²) in [5, 5.41) is 2.74. The lowest BCUT2D eigenvalue weighted by Gasteiger charge is -2.09. The Morgan fingerprint density at radius 1 is 1.15 bits per heavy atom. The summed E-state index contributed by atoms with van der Waals surface area (Å²) in [5.74, 6) is 0.239. The van der Waals surface area contributed by atoms with E-state index in [4.69, 9.17) is 10.5 Å². The fraction of sp³-hybridized carbons (Fsp3) is 0.0714. The largest absolute Gasteiger partial charge is 0.482 e. The zero-order valence-corrected chi connectivity index (χ0v) is 13.6. The van der Waals surface area contributed by atoms with Crippen LogP contribution in [0.3, 0.4) is 0 Å². The van der Waals surface area contributed by atoms with Crippen LogP contribution in [-0.4, -0.2) is 12.5 Å². The van der Waals surface area contributed by atoms with Crippen LogP contribution in [0, 0.1) is 0 Å². The molecule has 4 nitrogen and oxygen atoms in total. The van der Waals surface area contributed by atoms with Gasteiger partial charge in [0, 0.05) is 14.6 Å². The van der Waals surface area contributed by atoms with Crippen LogP contribution in [-0.2, 0) is 4.79 Å². The number of anilines is 2. The van der Waals surface area contributed by atoms with Gasteiger partial charge in [-0.25, -0.2) is 0 Å². The molecule has 0 bridgehead atoms. The average Bonchev–Trinajstić information content (AvgIpc) is 2.37. The van der Waals surface area contributed by atoms with Crippen molar-refractivity contribution in [1.29, 1.82) is 0 Å². The maximum atomic E-state index is 11.8. The molecule has 0 spiro atoms. The lowest BCUT2D eigenvalue weighted by atomic mass is 10.3. The Morgan fingerprint density at radius 2 is 1.90 bits per heavy atom. The summed E-state index contributed by atoms with van der Waals surface area (Å²) in [6.45, 7) is -0.0989. The van der Waals surface area contributed by atoms with Crippen LogP contribution >= 0.6 is 31.9 Å². The first-order valence-electron chi connectivity index (χ1n) is 5.78. The van der Waals surface area contributed by atoms with Crippen molar-refractivity contribution in [2.75, 3.05) is 17.7 Å². The summed E-state index contributed by atoms with van der Waals surface area (Å²) in [4.78, 5) is 11.8. The van der Waals surface area contributed by atoms with E-state index in [9.17, 15) is 4.79 Å². The van der Waals surface area contributed by atoms with E-state index in [-0.39, 0.29) is 12.5 Å². The number of hydrogen-bond acceptors (Lipinski definition) is 3. The molecule has 20 heavy (non-hydrogen) atoms. The van der Waals surface area contributed by atoms with Gasteiger partial charge in [-0.3, -0.25) is 4.79 Å². The number of nitrogen functional groups attached to an aromatic ring is 1. The Hall–Kier alpha value is -1.53. The van der Waals surface area contributed by atoms with Gasteiger partial charge in [0.05, 0.1) is 5.69 Å². The van der Waals surface area contributed by atoms with E-state index in [1.165, 1.54) is 0 Å². The van der Waals surface area contributed by atoms with Crippen LogP contribution in [0.4, 0.5) is 11.4 Å². The molecule has 6 heteroatoms. The van der Waals surface area contributed by atoms with Crippen LogP contribution < -0.4 is 15.8 Å². The van der Waals surface area contributed by atoms with Gasteiger partial charge < -0.3 is 15.8 Å². The molecule has 2 aromatic rings. The maximum Gasteiger partial charge on any atom is 0.262 e.